The molecule has 2 aromatic carbocycles. The van der Waals surface area contributed by atoms with Crippen LogP contribution in [0.4, 0.5) is 0 Å². The number of nitrogens with zero attached hydrogens (tertiary/aromatic N) is 3. The molecule has 0 aliphatic carbocycles. The molecule has 0 fully saturated rings. The molecule has 0 radical (unpaired) electrons. The van der Waals surface area contributed by atoms with Gasteiger partial charge in [0.1, 0.15) is 11.5 Å². The summed E-state index contributed by atoms with van der Waals surface area (Å²) in [6.07, 6.45) is 1.57. The fourth-order valence-electron chi connectivity index (χ4n) is 2.93. The molecule has 0 aliphatic rings. The highest BCUT2D eigenvalue weighted by molar-refractivity contribution is 7.99. The van der Waals surface area contributed by atoms with Gasteiger partial charge >= 0.3 is 0 Å². The standard InChI is InChI=1S/C22H20N4O2S/c1-16(20-12-7-13-28-20)24-25-21(27)15-29-22-23-18-10-5-6-11-19(18)26(22)14-17-8-3-2-4-9-17/h2-13H,14-15H2,1H3,(H,25,27). The zero-order valence-electron chi connectivity index (χ0n) is 15.9. The van der Waals surface area contributed by atoms with Gasteiger partial charge in [0.15, 0.2) is 5.16 Å². The summed E-state index contributed by atoms with van der Waals surface area (Å²) in [6.45, 7) is 2.48. The molecule has 146 valence electrons. The minimum absolute atomic E-state index is 0.195. The number of nitrogens with one attached hydrogen (secondary N) is 1. The maximum atomic E-state index is 12.3. The summed E-state index contributed by atoms with van der Waals surface area (Å²) in [5, 5.41) is 4.90. The molecule has 2 aromatic heterocycles. The van der Waals surface area contributed by atoms with Crippen LogP contribution in [-0.4, -0.2) is 26.9 Å². The third kappa shape index (κ3) is 4.57. The van der Waals surface area contributed by atoms with Gasteiger partial charge in [0.2, 0.25) is 0 Å². The number of aromatic nitrogens is 2. The Morgan fingerprint density at radius 1 is 1.10 bits per heavy atom. The number of fused-ring (bicyclic) bond motifs is 1. The normalized spacial score (nSPS) is 11.7. The summed E-state index contributed by atoms with van der Waals surface area (Å²) in [6, 6.07) is 21.8. The molecule has 0 bridgehead atoms. The number of imidazole rings is 1. The Balaban J connectivity index is 1.48. The maximum Gasteiger partial charge on any atom is 0.250 e. The first-order valence-electron chi connectivity index (χ1n) is 9.20. The number of hydrazone groups is 1. The van der Waals surface area contributed by atoms with Gasteiger partial charge in [0.25, 0.3) is 5.91 Å². The first-order valence-corrected chi connectivity index (χ1v) is 10.2. The van der Waals surface area contributed by atoms with Crippen LogP contribution in [0.5, 0.6) is 0 Å². The van der Waals surface area contributed by atoms with Gasteiger partial charge < -0.3 is 8.98 Å². The van der Waals surface area contributed by atoms with Gasteiger partial charge in [-0.15, -0.1) is 0 Å². The fourth-order valence-corrected chi connectivity index (χ4v) is 3.74. The maximum absolute atomic E-state index is 12.3. The average Bonchev–Trinajstić information content (AvgIpc) is 3.40. The quantitative estimate of drug-likeness (QED) is 0.283. The topological polar surface area (TPSA) is 72.4 Å². The molecule has 29 heavy (non-hydrogen) atoms. The molecule has 0 saturated heterocycles. The van der Waals surface area contributed by atoms with Crippen molar-refractivity contribution in [2.24, 2.45) is 5.10 Å². The van der Waals surface area contributed by atoms with E-state index < -0.39 is 0 Å². The number of thioether (sulfide) groups is 1. The molecule has 0 unspecified atom stereocenters. The van der Waals surface area contributed by atoms with Gasteiger partial charge in [-0.25, -0.2) is 10.4 Å². The van der Waals surface area contributed by atoms with Crippen LogP contribution in [0.3, 0.4) is 0 Å². The van der Waals surface area contributed by atoms with E-state index >= 15 is 0 Å². The van der Waals surface area contributed by atoms with E-state index in [0.717, 1.165) is 16.2 Å². The van der Waals surface area contributed by atoms with E-state index in [-0.39, 0.29) is 11.7 Å². The Hall–Kier alpha value is -3.32. The van der Waals surface area contributed by atoms with Crippen molar-refractivity contribution < 1.29 is 9.21 Å². The summed E-state index contributed by atoms with van der Waals surface area (Å²) >= 11 is 1.40. The summed E-state index contributed by atoms with van der Waals surface area (Å²) in [5.74, 6) is 0.648. The Morgan fingerprint density at radius 3 is 2.69 bits per heavy atom. The number of amides is 1. The van der Waals surface area contributed by atoms with Crippen molar-refractivity contribution in [1.82, 2.24) is 15.0 Å². The summed E-state index contributed by atoms with van der Waals surface area (Å²) in [4.78, 5) is 17.0. The number of furan rings is 1. The van der Waals surface area contributed by atoms with E-state index in [0.29, 0.717) is 18.0 Å². The third-order valence-electron chi connectivity index (χ3n) is 4.36. The highest BCUT2D eigenvalue weighted by Crippen LogP contribution is 2.25. The van der Waals surface area contributed by atoms with Crippen molar-refractivity contribution in [2.75, 3.05) is 5.75 Å². The van der Waals surface area contributed by atoms with Crippen molar-refractivity contribution in [1.29, 1.82) is 0 Å². The minimum atomic E-state index is -0.195. The zero-order chi connectivity index (χ0) is 20.1. The first-order chi connectivity index (χ1) is 14.2. The van der Waals surface area contributed by atoms with Crippen LogP contribution in [0.25, 0.3) is 11.0 Å². The smallest absolute Gasteiger partial charge is 0.250 e. The molecule has 1 amide bonds. The molecular formula is C22H20N4O2S. The van der Waals surface area contributed by atoms with Crippen LogP contribution in [0.15, 0.2) is 87.7 Å². The SMILES string of the molecule is CC(=NNC(=O)CSc1nc2ccccc2n1Cc1ccccc1)c1ccco1. The number of rotatable bonds is 7. The molecule has 0 saturated carbocycles. The van der Waals surface area contributed by atoms with Crippen LogP contribution in [0, 0.1) is 0 Å². The largest absolute Gasteiger partial charge is 0.463 e. The fraction of sp³-hybridized carbons (Fsp3) is 0.136. The van der Waals surface area contributed by atoms with Gasteiger partial charge in [-0.1, -0.05) is 54.2 Å². The van der Waals surface area contributed by atoms with E-state index in [2.05, 4.69) is 27.2 Å². The lowest BCUT2D eigenvalue weighted by Crippen LogP contribution is -2.21. The van der Waals surface area contributed by atoms with Crippen LogP contribution >= 0.6 is 11.8 Å². The van der Waals surface area contributed by atoms with Gasteiger partial charge in [-0.2, -0.15) is 5.10 Å². The van der Waals surface area contributed by atoms with Crippen LogP contribution in [0.2, 0.25) is 0 Å². The molecule has 0 spiro atoms. The second-order valence-corrected chi connectivity index (χ2v) is 7.40. The molecule has 4 aromatic rings. The highest BCUT2D eigenvalue weighted by atomic mass is 32.2. The van der Waals surface area contributed by atoms with E-state index in [1.54, 1.807) is 25.3 Å². The third-order valence-corrected chi connectivity index (χ3v) is 5.34. The second-order valence-electron chi connectivity index (χ2n) is 6.45. The molecule has 0 atom stereocenters. The molecule has 7 heteroatoms. The summed E-state index contributed by atoms with van der Waals surface area (Å²) in [7, 11) is 0. The summed E-state index contributed by atoms with van der Waals surface area (Å²) in [5.41, 5.74) is 6.33. The van der Waals surface area contributed by atoms with Crippen molar-refractivity contribution in [2.45, 2.75) is 18.6 Å². The zero-order valence-corrected chi connectivity index (χ0v) is 16.7. The molecule has 6 nitrogen and oxygen atoms in total. The number of para-hydroxylation sites is 2. The number of benzene rings is 2. The van der Waals surface area contributed by atoms with Crippen molar-refractivity contribution in [3.05, 3.63) is 84.3 Å². The second kappa shape index (κ2) is 8.79. The number of carbonyl (C=O) groups is 1. The Labute approximate surface area is 172 Å². The van der Waals surface area contributed by atoms with Crippen molar-refractivity contribution in [3.63, 3.8) is 0 Å². The summed E-state index contributed by atoms with van der Waals surface area (Å²) < 4.78 is 7.40. The van der Waals surface area contributed by atoms with E-state index in [9.17, 15) is 4.79 Å². The van der Waals surface area contributed by atoms with E-state index in [1.807, 2.05) is 42.5 Å². The Bertz CT molecular complexity index is 1130. The Kier molecular flexibility index (Phi) is 5.76. The Morgan fingerprint density at radius 2 is 1.90 bits per heavy atom. The lowest BCUT2D eigenvalue weighted by atomic mass is 10.2. The molecule has 4 rings (SSSR count). The monoisotopic (exact) mass is 404 g/mol. The van der Waals surface area contributed by atoms with E-state index in [4.69, 9.17) is 9.40 Å². The van der Waals surface area contributed by atoms with Gasteiger partial charge in [0, 0.05) is 0 Å². The van der Waals surface area contributed by atoms with Crippen molar-refractivity contribution in [3.8, 4) is 0 Å². The molecular weight excluding hydrogens is 384 g/mol. The van der Waals surface area contributed by atoms with Crippen LogP contribution in [-0.2, 0) is 11.3 Å². The molecule has 1 N–H and O–H groups in total. The van der Waals surface area contributed by atoms with Crippen LogP contribution in [0.1, 0.15) is 18.2 Å². The average molecular weight is 404 g/mol. The predicted octanol–water partition coefficient (Wildman–Crippen LogP) is 4.31. The van der Waals surface area contributed by atoms with E-state index in [1.165, 1.54) is 17.3 Å². The van der Waals surface area contributed by atoms with Crippen LogP contribution < -0.4 is 5.43 Å². The van der Waals surface area contributed by atoms with Crippen molar-refractivity contribution >= 4 is 34.4 Å². The molecule has 2 heterocycles. The van der Waals surface area contributed by atoms with Gasteiger partial charge in [-0.3, -0.25) is 4.79 Å². The van der Waals surface area contributed by atoms with Gasteiger partial charge in [0.05, 0.1) is 29.6 Å². The lowest BCUT2D eigenvalue weighted by molar-refractivity contribution is -0.118. The van der Waals surface area contributed by atoms with Gasteiger partial charge in [-0.05, 0) is 36.8 Å². The molecule has 0 aliphatic heterocycles. The predicted molar refractivity (Wildman–Crippen MR) is 115 cm³/mol. The number of hydrogen-bond donors (Lipinski definition) is 1. The highest BCUT2D eigenvalue weighted by Gasteiger charge is 2.13. The number of carbonyl (C=O) groups excluding carboxylic acids is 1. The first kappa shape index (κ1) is 19.0. The lowest BCUT2D eigenvalue weighted by Gasteiger charge is -2.09. The number of hydrogen-bond acceptors (Lipinski definition) is 5. The minimum Gasteiger partial charge on any atom is -0.463 e.